The Hall–Kier alpha value is -1.83. The van der Waals surface area contributed by atoms with E-state index in [-0.39, 0.29) is 5.91 Å². The van der Waals surface area contributed by atoms with Crippen LogP contribution < -0.4 is 16.0 Å². The van der Waals surface area contributed by atoms with Crippen molar-refractivity contribution < 1.29 is 4.79 Å². The number of nitrogens with two attached hydrogens (primary N) is 1. The third-order valence-electron chi connectivity index (χ3n) is 4.07. The van der Waals surface area contributed by atoms with Crippen molar-refractivity contribution >= 4 is 28.3 Å². The minimum Gasteiger partial charge on any atom is -0.370 e. The van der Waals surface area contributed by atoms with E-state index in [1.807, 2.05) is 11.6 Å². The fourth-order valence-corrected chi connectivity index (χ4v) is 3.26. The van der Waals surface area contributed by atoms with Crippen LogP contribution in [0.3, 0.4) is 0 Å². The van der Waals surface area contributed by atoms with Crippen molar-refractivity contribution in [1.82, 2.24) is 15.2 Å². The Kier molecular flexibility index (Phi) is 5.32. The van der Waals surface area contributed by atoms with Gasteiger partial charge in [0.1, 0.15) is 0 Å². The smallest absolute Gasteiger partial charge is 0.220 e. The first-order valence-corrected chi connectivity index (χ1v) is 9.09. The molecule has 1 amide bonds. The molecule has 0 atom stereocenters. The number of thiazole rings is 1. The molecule has 1 aliphatic heterocycles. The predicted molar refractivity (Wildman–Crippen MR) is 92.8 cm³/mol. The molecule has 1 aromatic heterocycles. The minimum atomic E-state index is 0.137. The van der Waals surface area contributed by atoms with Crippen LogP contribution in [0, 0.1) is 0 Å². The molecule has 1 aromatic rings. The second-order valence-corrected chi connectivity index (χ2v) is 6.85. The SMILES string of the molecule is NC(=NCCCC(=O)NC1CC1)N1CCN(c2nccs2)CC1. The maximum atomic E-state index is 11.6. The average Bonchev–Trinajstić information content (AvgIpc) is 3.20. The van der Waals surface area contributed by atoms with Gasteiger partial charge in [0.05, 0.1) is 0 Å². The van der Waals surface area contributed by atoms with Crippen LogP contribution in [-0.4, -0.2) is 60.5 Å². The first kappa shape index (κ1) is 16.0. The van der Waals surface area contributed by atoms with Crippen molar-refractivity contribution in [3.63, 3.8) is 0 Å². The summed E-state index contributed by atoms with van der Waals surface area (Å²) >= 11 is 1.66. The molecule has 1 aliphatic carbocycles. The Morgan fingerprint density at radius 1 is 1.39 bits per heavy atom. The Morgan fingerprint density at radius 3 is 2.83 bits per heavy atom. The quantitative estimate of drug-likeness (QED) is 0.452. The average molecular weight is 336 g/mol. The number of anilines is 1. The van der Waals surface area contributed by atoms with Gasteiger partial charge in [0, 0.05) is 56.8 Å². The van der Waals surface area contributed by atoms with Crippen LogP contribution in [0.1, 0.15) is 25.7 Å². The molecule has 0 unspecified atom stereocenters. The summed E-state index contributed by atoms with van der Waals surface area (Å²) in [7, 11) is 0. The number of carbonyl (C=O) groups is 1. The molecular weight excluding hydrogens is 312 g/mol. The van der Waals surface area contributed by atoms with E-state index >= 15 is 0 Å². The Balaban J connectivity index is 1.35. The monoisotopic (exact) mass is 336 g/mol. The van der Waals surface area contributed by atoms with E-state index in [4.69, 9.17) is 5.73 Å². The molecule has 8 heteroatoms. The normalized spacial score (nSPS) is 19.0. The number of nitrogens with one attached hydrogen (secondary N) is 1. The predicted octanol–water partition coefficient (Wildman–Crippen LogP) is 0.639. The fourth-order valence-electron chi connectivity index (χ4n) is 2.56. The van der Waals surface area contributed by atoms with Gasteiger partial charge < -0.3 is 20.9 Å². The van der Waals surface area contributed by atoms with E-state index in [2.05, 4.69) is 25.1 Å². The van der Waals surface area contributed by atoms with E-state index in [0.29, 0.717) is 25.0 Å². The lowest BCUT2D eigenvalue weighted by Gasteiger charge is -2.35. The number of piperazine rings is 1. The number of aliphatic imine (C=N–C) groups is 1. The zero-order chi connectivity index (χ0) is 16.1. The van der Waals surface area contributed by atoms with Crippen molar-refractivity contribution in [2.75, 3.05) is 37.6 Å². The minimum absolute atomic E-state index is 0.137. The molecule has 2 fully saturated rings. The lowest BCUT2D eigenvalue weighted by atomic mass is 10.3. The van der Waals surface area contributed by atoms with Gasteiger partial charge in [-0.3, -0.25) is 9.79 Å². The molecule has 2 heterocycles. The van der Waals surface area contributed by atoms with Crippen molar-refractivity contribution in [2.24, 2.45) is 10.7 Å². The highest BCUT2D eigenvalue weighted by atomic mass is 32.1. The van der Waals surface area contributed by atoms with E-state index in [0.717, 1.165) is 50.6 Å². The lowest BCUT2D eigenvalue weighted by Crippen LogP contribution is -2.51. The van der Waals surface area contributed by atoms with Crippen molar-refractivity contribution in [3.8, 4) is 0 Å². The molecule has 2 aliphatic rings. The van der Waals surface area contributed by atoms with Crippen LogP contribution in [0.5, 0.6) is 0 Å². The molecule has 23 heavy (non-hydrogen) atoms. The molecule has 0 radical (unpaired) electrons. The number of aromatic nitrogens is 1. The first-order chi connectivity index (χ1) is 11.2. The number of carbonyl (C=O) groups excluding carboxylic acids is 1. The molecule has 3 N–H and O–H groups in total. The van der Waals surface area contributed by atoms with Gasteiger partial charge in [-0.2, -0.15) is 0 Å². The van der Waals surface area contributed by atoms with E-state index in [1.165, 1.54) is 0 Å². The van der Waals surface area contributed by atoms with E-state index < -0.39 is 0 Å². The van der Waals surface area contributed by atoms with Crippen molar-refractivity contribution in [3.05, 3.63) is 11.6 Å². The fraction of sp³-hybridized carbons (Fsp3) is 0.667. The number of amides is 1. The topological polar surface area (TPSA) is 86.8 Å². The van der Waals surface area contributed by atoms with Crippen LogP contribution >= 0.6 is 11.3 Å². The van der Waals surface area contributed by atoms with Gasteiger partial charge in [0.15, 0.2) is 11.1 Å². The van der Waals surface area contributed by atoms with Crippen LogP contribution in [0.15, 0.2) is 16.6 Å². The van der Waals surface area contributed by atoms with Crippen LogP contribution in [0.4, 0.5) is 5.13 Å². The van der Waals surface area contributed by atoms with E-state index in [1.54, 1.807) is 11.3 Å². The molecular formula is C15H24N6OS. The van der Waals surface area contributed by atoms with Gasteiger partial charge in [-0.1, -0.05) is 0 Å². The zero-order valence-corrected chi connectivity index (χ0v) is 14.1. The summed E-state index contributed by atoms with van der Waals surface area (Å²) < 4.78 is 0. The summed E-state index contributed by atoms with van der Waals surface area (Å²) in [4.78, 5) is 24.7. The van der Waals surface area contributed by atoms with Gasteiger partial charge in [-0.25, -0.2) is 4.98 Å². The Labute approximate surface area is 140 Å². The Morgan fingerprint density at radius 2 is 2.17 bits per heavy atom. The highest BCUT2D eigenvalue weighted by Crippen LogP contribution is 2.19. The maximum absolute atomic E-state index is 11.6. The van der Waals surface area contributed by atoms with Crippen LogP contribution in [0.25, 0.3) is 0 Å². The number of hydrogen-bond acceptors (Lipinski definition) is 5. The van der Waals surface area contributed by atoms with E-state index in [9.17, 15) is 4.79 Å². The number of rotatable bonds is 6. The summed E-state index contributed by atoms with van der Waals surface area (Å²) in [5.74, 6) is 0.727. The molecule has 0 spiro atoms. The van der Waals surface area contributed by atoms with Crippen LogP contribution in [-0.2, 0) is 4.79 Å². The second-order valence-electron chi connectivity index (χ2n) is 5.97. The second kappa shape index (κ2) is 7.63. The molecule has 0 aromatic carbocycles. The molecule has 0 bridgehead atoms. The van der Waals surface area contributed by atoms with Gasteiger partial charge in [-0.15, -0.1) is 11.3 Å². The molecule has 1 saturated heterocycles. The lowest BCUT2D eigenvalue weighted by molar-refractivity contribution is -0.121. The van der Waals surface area contributed by atoms with Gasteiger partial charge in [-0.05, 0) is 19.3 Å². The standard InChI is InChI=1S/C15H24N6OS/c16-14(17-5-1-2-13(22)19-12-3-4-12)20-7-9-21(10-8-20)15-18-6-11-23-15/h6,11-12H,1-5,7-10H2,(H2,16,17)(H,19,22). The zero-order valence-electron chi connectivity index (χ0n) is 13.3. The van der Waals surface area contributed by atoms with Crippen molar-refractivity contribution in [1.29, 1.82) is 0 Å². The number of nitrogens with zero attached hydrogens (tertiary/aromatic N) is 4. The molecule has 126 valence electrons. The third-order valence-corrected chi connectivity index (χ3v) is 4.90. The summed E-state index contributed by atoms with van der Waals surface area (Å²) in [6.45, 7) is 4.14. The highest BCUT2D eigenvalue weighted by molar-refractivity contribution is 7.13. The Bertz CT molecular complexity index is 534. The van der Waals surface area contributed by atoms with Gasteiger partial charge in [0.25, 0.3) is 0 Å². The third kappa shape index (κ3) is 4.82. The largest absolute Gasteiger partial charge is 0.370 e. The summed E-state index contributed by atoms with van der Waals surface area (Å²) in [6.07, 6.45) is 5.37. The summed E-state index contributed by atoms with van der Waals surface area (Å²) in [5.41, 5.74) is 6.06. The highest BCUT2D eigenvalue weighted by Gasteiger charge is 2.23. The molecule has 1 saturated carbocycles. The summed E-state index contributed by atoms with van der Waals surface area (Å²) in [5, 5.41) is 6.05. The number of hydrogen-bond donors (Lipinski definition) is 2. The molecule has 7 nitrogen and oxygen atoms in total. The maximum Gasteiger partial charge on any atom is 0.220 e. The van der Waals surface area contributed by atoms with Gasteiger partial charge in [0.2, 0.25) is 5.91 Å². The van der Waals surface area contributed by atoms with Crippen LogP contribution in [0.2, 0.25) is 0 Å². The van der Waals surface area contributed by atoms with Gasteiger partial charge >= 0.3 is 0 Å². The first-order valence-electron chi connectivity index (χ1n) is 8.21. The molecule has 3 rings (SSSR count). The number of guanidine groups is 1. The summed E-state index contributed by atoms with van der Waals surface area (Å²) in [6, 6.07) is 0.435. The van der Waals surface area contributed by atoms with Crippen molar-refractivity contribution in [2.45, 2.75) is 31.7 Å².